The Hall–Kier alpha value is -3.20. The molecule has 1 amide bonds. The summed E-state index contributed by atoms with van der Waals surface area (Å²) in [5.74, 6) is -1.14. The third-order valence-electron chi connectivity index (χ3n) is 3.49. The van der Waals surface area contributed by atoms with Gasteiger partial charge in [-0.1, -0.05) is 23.7 Å². The summed E-state index contributed by atoms with van der Waals surface area (Å²) in [5.41, 5.74) is 1.08. The largest absolute Gasteiger partial charge is 0.478 e. The number of carboxylic acid groups (broad SMARTS) is 1. The molecule has 9 nitrogen and oxygen atoms in total. The summed E-state index contributed by atoms with van der Waals surface area (Å²) < 4.78 is 3.00. The number of hydrogen-bond acceptors (Lipinski definition) is 5. The van der Waals surface area contributed by atoms with Crippen molar-refractivity contribution in [3.8, 4) is 0 Å². The zero-order chi connectivity index (χ0) is 18.5. The van der Waals surface area contributed by atoms with E-state index in [0.717, 1.165) is 5.56 Å². The van der Waals surface area contributed by atoms with Gasteiger partial charge in [0.25, 0.3) is 0 Å². The maximum atomic E-state index is 12.0. The molecule has 0 unspecified atom stereocenters. The lowest BCUT2D eigenvalue weighted by Gasteiger charge is -2.02. The summed E-state index contributed by atoms with van der Waals surface area (Å²) in [7, 11) is 0. The van der Waals surface area contributed by atoms with Crippen LogP contribution in [0.15, 0.2) is 43.0 Å². The van der Waals surface area contributed by atoms with Gasteiger partial charge >= 0.3 is 5.97 Å². The number of amides is 1. The van der Waals surface area contributed by atoms with Crippen molar-refractivity contribution in [1.29, 1.82) is 0 Å². The van der Waals surface area contributed by atoms with Crippen LogP contribution < -0.4 is 5.32 Å². The second kappa shape index (κ2) is 7.79. The van der Waals surface area contributed by atoms with Crippen molar-refractivity contribution in [3.05, 3.63) is 59.1 Å². The molecule has 2 aromatic heterocycles. The van der Waals surface area contributed by atoms with Crippen molar-refractivity contribution in [2.45, 2.75) is 19.5 Å². The number of carboxylic acids is 1. The van der Waals surface area contributed by atoms with Crippen LogP contribution in [0.3, 0.4) is 0 Å². The van der Waals surface area contributed by atoms with Crippen LogP contribution in [0.2, 0.25) is 5.02 Å². The maximum absolute atomic E-state index is 12.0. The van der Waals surface area contributed by atoms with E-state index in [2.05, 4.69) is 20.5 Å². The van der Waals surface area contributed by atoms with Gasteiger partial charge in [0.1, 0.15) is 6.33 Å². The highest BCUT2D eigenvalue weighted by atomic mass is 35.5. The lowest BCUT2D eigenvalue weighted by Crippen LogP contribution is -2.16. The molecular weight excluding hydrogens is 360 g/mol. The zero-order valence-corrected chi connectivity index (χ0v) is 14.3. The predicted molar refractivity (Wildman–Crippen MR) is 93.0 cm³/mol. The summed E-state index contributed by atoms with van der Waals surface area (Å²) in [6.07, 6.45) is 4.25. The average Bonchev–Trinajstić information content (AvgIpc) is 3.25. The Labute approximate surface area is 153 Å². The van der Waals surface area contributed by atoms with Crippen LogP contribution in [0.4, 0.5) is 5.95 Å². The molecule has 3 rings (SSSR count). The summed E-state index contributed by atoms with van der Waals surface area (Å²) in [6, 6.07) is 7.36. The summed E-state index contributed by atoms with van der Waals surface area (Å²) in [4.78, 5) is 26.8. The number of nitrogens with zero attached hydrogens (tertiary/aromatic N) is 5. The Morgan fingerprint density at radius 1 is 1.19 bits per heavy atom. The summed E-state index contributed by atoms with van der Waals surface area (Å²) in [5, 5.41) is 20.2. The number of aromatic carboxylic acids is 1. The van der Waals surface area contributed by atoms with Crippen molar-refractivity contribution >= 4 is 29.4 Å². The fourth-order valence-electron chi connectivity index (χ4n) is 2.20. The Bertz CT molecular complexity index is 918. The van der Waals surface area contributed by atoms with Gasteiger partial charge in [0.2, 0.25) is 11.9 Å². The smallest absolute Gasteiger partial charge is 0.338 e. The monoisotopic (exact) mass is 374 g/mol. The van der Waals surface area contributed by atoms with E-state index in [1.807, 2.05) is 12.1 Å². The Balaban J connectivity index is 1.50. The van der Waals surface area contributed by atoms with Gasteiger partial charge in [0.05, 0.1) is 18.3 Å². The van der Waals surface area contributed by atoms with E-state index < -0.39 is 5.97 Å². The first-order chi connectivity index (χ1) is 12.5. The van der Waals surface area contributed by atoms with Gasteiger partial charge in [-0.15, -0.1) is 5.10 Å². The molecule has 1 aromatic carbocycles. The number of aromatic nitrogens is 5. The predicted octanol–water partition coefficient (Wildman–Crippen LogP) is 1.90. The Morgan fingerprint density at radius 2 is 1.96 bits per heavy atom. The standard InChI is InChI=1S/C16H15ClN6O3/c17-13-3-1-11(2-4-13)8-23-10-18-16(21-23)20-14(24)5-6-22-9-12(7-19-22)15(25)26/h1-4,7,9-10H,5-6,8H2,(H,25,26)(H,20,21,24). The number of anilines is 1. The minimum absolute atomic E-state index is 0.0769. The average molecular weight is 375 g/mol. The summed E-state index contributed by atoms with van der Waals surface area (Å²) >= 11 is 5.85. The minimum Gasteiger partial charge on any atom is -0.478 e. The van der Waals surface area contributed by atoms with Gasteiger partial charge in [-0.2, -0.15) is 5.10 Å². The number of benzene rings is 1. The van der Waals surface area contributed by atoms with Crippen molar-refractivity contribution in [3.63, 3.8) is 0 Å². The quantitative estimate of drug-likeness (QED) is 0.652. The number of carbonyl (C=O) groups excluding carboxylic acids is 1. The molecule has 0 aliphatic carbocycles. The lowest BCUT2D eigenvalue weighted by molar-refractivity contribution is -0.116. The molecule has 0 aliphatic rings. The molecule has 0 saturated carbocycles. The number of halogens is 1. The zero-order valence-electron chi connectivity index (χ0n) is 13.5. The van der Waals surface area contributed by atoms with E-state index in [4.69, 9.17) is 16.7 Å². The Kier molecular flexibility index (Phi) is 5.28. The fraction of sp³-hybridized carbons (Fsp3) is 0.188. The molecule has 2 N–H and O–H groups in total. The van der Waals surface area contributed by atoms with Crippen LogP contribution in [0.5, 0.6) is 0 Å². The molecule has 134 valence electrons. The molecule has 0 fully saturated rings. The SMILES string of the molecule is O=C(CCn1cc(C(=O)O)cn1)Nc1ncn(Cc2ccc(Cl)cc2)n1. The van der Waals surface area contributed by atoms with Gasteiger partial charge in [0, 0.05) is 24.2 Å². The third kappa shape index (κ3) is 4.67. The first-order valence-electron chi connectivity index (χ1n) is 7.69. The molecule has 0 atom stereocenters. The van der Waals surface area contributed by atoms with Crippen molar-refractivity contribution in [1.82, 2.24) is 24.5 Å². The number of nitrogens with one attached hydrogen (secondary N) is 1. The summed E-state index contributed by atoms with van der Waals surface area (Å²) in [6.45, 7) is 0.760. The van der Waals surface area contributed by atoms with E-state index in [0.29, 0.717) is 11.6 Å². The van der Waals surface area contributed by atoms with Gasteiger partial charge in [-0.25, -0.2) is 14.5 Å². The highest BCUT2D eigenvalue weighted by Gasteiger charge is 2.09. The van der Waals surface area contributed by atoms with Crippen molar-refractivity contribution in [2.24, 2.45) is 0 Å². The highest BCUT2D eigenvalue weighted by Crippen LogP contribution is 2.10. The first kappa shape index (κ1) is 17.6. The van der Waals surface area contributed by atoms with Crippen LogP contribution in [0, 0.1) is 0 Å². The molecule has 0 saturated heterocycles. The topological polar surface area (TPSA) is 115 Å². The van der Waals surface area contributed by atoms with E-state index in [-0.39, 0.29) is 30.4 Å². The van der Waals surface area contributed by atoms with Crippen LogP contribution >= 0.6 is 11.6 Å². The van der Waals surface area contributed by atoms with E-state index in [1.165, 1.54) is 23.4 Å². The molecule has 0 radical (unpaired) electrons. The Morgan fingerprint density at radius 3 is 2.65 bits per heavy atom. The molecule has 3 aromatic rings. The molecule has 10 heteroatoms. The number of carbonyl (C=O) groups is 2. The molecule has 0 aliphatic heterocycles. The van der Waals surface area contributed by atoms with Crippen LogP contribution in [-0.2, 0) is 17.9 Å². The highest BCUT2D eigenvalue weighted by molar-refractivity contribution is 6.30. The van der Waals surface area contributed by atoms with E-state index >= 15 is 0 Å². The van der Waals surface area contributed by atoms with E-state index in [1.54, 1.807) is 16.8 Å². The van der Waals surface area contributed by atoms with Crippen LogP contribution in [-0.4, -0.2) is 41.5 Å². The van der Waals surface area contributed by atoms with Gasteiger partial charge in [-0.05, 0) is 17.7 Å². The third-order valence-corrected chi connectivity index (χ3v) is 3.75. The molecule has 2 heterocycles. The van der Waals surface area contributed by atoms with Crippen LogP contribution in [0.1, 0.15) is 22.3 Å². The van der Waals surface area contributed by atoms with Crippen molar-refractivity contribution in [2.75, 3.05) is 5.32 Å². The number of aryl methyl sites for hydroxylation is 1. The number of hydrogen-bond donors (Lipinski definition) is 2. The van der Waals surface area contributed by atoms with E-state index in [9.17, 15) is 9.59 Å². The molecule has 26 heavy (non-hydrogen) atoms. The molecule has 0 spiro atoms. The normalized spacial score (nSPS) is 10.7. The van der Waals surface area contributed by atoms with Crippen molar-refractivity contribution < 1.29 is 14.7 Å². The van der Waals surface area contributed by atoms with Gasteiger partial charge < -0.3 is 5.11 Å². The number of rotatable bonds is 7. The molecule has 0 bridgehead atoms. The fourth-order valence-corrected chi connectivity index (χ4v) is 2.33. The maximum Gasteiger partial charge on any atom is 0.338 e. The first-order valence-corrected chi connectivity index (χ1v) is 8.07. The second-order valence-electron chi connectivity index (χ2n) is 5.49. The minimum atomic E-state index is -1.06. The molecular formula is C16H15ClN6O3. The van der Waals surface area contributed by atoms with Crippen LogP contribution in [0.25, 0.3) is 0 Å². The lowest BCUT2D eigenvalue weighted by atomic mass is 10.2. The van der Waals surface area contributed by atoms with Gasteiger partial charge in [-0.3, -0.25) is 14.8 Å². The second-order valence-corrected chi connectivity index (χ2v) is 5.92. The van der Waals surface area contributed by atoms with Gasteiger partial charge in [0.15, 0.2) is 0 Å².